The van der Waals surface area contributed by atoms with Crippen molar-refractivity contribution in [3.63, 3.8) is 0 Å². The highest BCUT2D eigenvalue weighted by atomic mass is 16.1. The maximum absolute atomic E-state index is 12.8. The number of aryl methyl sites for hydroxylation is 2. The third kappa shape index (κ3) is 2.38. The molecule has 0 saturated heterocycles. The van der Waals surface area contributed by atoms with Crippen LogP contribution in [0.15, 0.2) is 60.8 Å². The molecule has 3 heteroatoms. The van der Waals surface area contributed by atoms with Crippen LogP contribution in [0.4, 0.5) is 0 Å². The highest BCUT2D eigenvalue weighted by Gasteiger charge is 2.29. The van der Waals surface area contributed by atoms with Crippen LogP contribution in [0.5, 0.6) is 0 Å². The number of nitrogens with zero attached hydrogens (tertiary/aromatic N) is 2. The summed E-state index contributed by atoms with van der Waals surface area (Å²) >= 11 is 0. The van der Waals surface area contributed by atoms with E-state index < -0.39 is 0 Å². The first-order valence-corrected chi connectivity index (χ1v) is 7.97. The van der Waals surface area contributed by atoms with Gasteiger partial charge in [0.25, 0.3) is 0 Å². The third-order valence-electron chi connectivity index (χ3n) is 4.55. The van der Waals surface area contributed by atoms with Crippen molar-refractivity contribution in [1.29, 1.82) is 0 Å². The van der Waals surface area contributed by atoms with Crippen LogP contribution in [0.3, 0.4) is 0 Å². The van der Waals surface area contributed by atoms with E-state index in [4.69, 9.17) is 5.10 Å². The van der Waals surface area contributed by atoms with E-state index in [1.54, 1.807) is 0 Å². The van der Waals surface area contributed by atoms with E-state index >= 15 is 0 Å². The monoisotopic (exact) mass is 302 g/mol. The maximum Gasteiger partial charge on any atom is 0.187 e. The minimum atomic E-state index is -0.193. The summed E-state index contributed by atoms with van der Waals surface area (Å²) in [7, 11) is 0. The van der Waals surface area contributed by atoms with E-state index in [0.29, 0.717) is 0 Å². The first kappa shape index (κ1) is 13.9. The minimum Gasteiger partial charge on any atom is -0.292 e. The molecule has 0 saturated carbocycles. The van der Waals surface area contributed by atoms with Gasteiger partial charge < -0.3 is 0 Å². The smallest absolute Gasteiger partial charge is 0.187 e. The zero-order valence-electron chi connectivity index (χ0n) is 13.1. The van der Waals surface area contributed by atoms with Crippen LogP contribution in [0, 0.1) is 6.92 Å². The van der Waals surface area contributed by atoms with E-state index in [1.807, 2.05) is 60.3 Å². The lowest BCUT2D eigenvalue weighted by Gasteiger charge is -2.23. The van der Waals surface area contributed by atoms with Gasteiger partial charge in [-0.05, 0) is 30.9 Å². The number of carbonyl (C=O) groups is 1. The Balaban J connectivity index is 1.72. The zero-order valence-corrected chi connectivity index (χ0v) is 13.1. The number of fused-ring (bicyclic) bond motifs is 1. The summed E-state index contributed by atoms with van der Waals surface area (Å²) in [6, 6.07) is 17.8. The summed E-state index contributed by atoms with van der Waals surface area (Å²) in [4.78, 5) is 12.8. The Morgan fingerprint density at radius 3 is 2.61 bits per heavy atom. The maximum atomic E-state index is 12.8. The Morgan fingerprint density at radius 2 is 1.78 bits per heavy atom. The highest BCUT2D eigenvalue weighted by molar-refractivity contribution is 6.01. The number of Topliss-reactive ketones (excluding diaryl/α,β-unsaturated/α-hetero) is 1. The number of carbonyl (C=O) groups excluding carboxylic acids is 1. The normalized spacial score (nSPS) is 17.1. The number of rotatable bonds is 2. The van der Waals surface area contributed by atoms with Crippen LogP contribution >= 0.6 is 0 Å². The fraction of sp³-hybridized carbons (Fsp3) is 0.200. The van der Waals surface area contributed by atoms with Crippen LogP contribution in [-0.4, -0.2) is 15.6 Å². The molecule has 1 aliphatic carbocycles. The van der Waals surface area contributed by atoms with Crippen molar-refractivity contribution in [2.45, 2.75) is 25.8 Å². The molecule has 0 radical (unpaired) electrons. The van der Waals surface area contributed by atoms with Crippen LogP contribution < -0.4 is 0 Å². The average molecular weight is 302 g/mol. The predicted octanol–water partition coefficient (Wildman–Crippen LogP) is 4.23. The molecule has 0 N–H and O–H groups in total. The lowest BCUT2D eigenvalue weighted by Crippen LogP contribution is -2.26. The first-order valence-electron chi connectivity index (χ1n) is 7.97. The van der Waals surface area contributed by atoms with Gasteiger partial charge in [0.05, 0.1) is 5.69 Å². The van der Waals surface area contributed by atoms with E-state index in [0.717, 1.165) is 40.8 Å². The Morgan fingerprint density at radius 1 is 1.04 bits per heavy atom. The van der Waals surface area contributed by atoms with Gasteiger partial charge in [-0.25, -0.2) is 0 Å². The molecule has 2 aromatic carbocycles. The molecule has 0 fully saturated rings. The largest absolute Gasteiger partial charge is 0.292 e. The average Bonchev–Trinajstić information content (AvgIpc) is 2.98. The van der Waals surface area contributed by atoms with E-state index in [1.165, 1.54) is 0 Å². The molecule has 1 atom stereocenters. The van der Waals surface area contributed by atoms with Crippen LogP contribution in [0.25, 0.3) is 11.3 Å². The Bertz CT molecular complexity index is 864. The van der Waals surface area contributed by atoms with E-state index in [2.05, 4.69) is 12.1 Å². The number of aromatic nitrogens is 2. The standard InChI is InChI=1S/C20H18N2O/c1-14-13-22(21-19(14)16-8-3-2-4-9-16)18-12-11-15-7-5-6-10-17(15)20(18)23/h2-10,13,18H,11-12H2,1H3. The highest BCUT2D eigenvalue weighted by Crippen LogP contribution is 2.30. The molecular formula is C20H18N2O. The van der Waals surface area contributed by atoms with Crippen molar-refractivity contribution < 1.29 is 4.79 Å². The second-order valence-corrected chi connectivity index (χ2v) is 6.08. The summed E-state index contributed by atoms with van der Waals surface area (Å²) in [6.45, 7) is 2.05. The van der Waals surface area contributed by atoms with Gasteiger partial charge in [0, 0.05) is 17.3 Å². The van der Waals surface area contributed by atoms with Gasteiger partial charge in [-0.15, -0.1) is 0 Å². The third-order valence-corrected chi connectivity index (χ3v) is 4.55. The van der Waals surface area contributed by atoms with Crippen LogP contribution in [0.2, 0.25) is 0 Å². The molecule has 0 bridgehead atoms. The number of hydrogen-bond acceptors (Lipinski definition) is 2. The summed E-state index contributed by atoms with van der Waals surface area (Å²) in [6.07, 6.45) is 3.73. The number of ketones is 1. The molecule has 0 aliphatic heterocycles. The summed E-state index contributed by atoms with van der Waals surface area (Å²) in [5.74, 6) is 0.175. The molecule has 1 aliphatic rings. The fourth-order valence-electron chi connectivity index (χ4n) is 3.36. The Kier molecular flexibility index (Phi) is 3.34. The molecule has 114 valence electrons. The van der Waals surface area contributed by atoms with Crippen molar-refractivity contribution in [3.05, 3.63) is 77.5 Å². The molecule has 3 nitrogen and oxygen atoms in total. The molecule has 0 amide bonds. The molecular weight excluding hydrogens is 284 g/mol. The summed E-state index contributed by atoms with van der Waals surface area (Å²) in [5.41, 5.74) is 5.15. The van der Waals surface area contributed by atoms with Gasteiger partial charge in [-0.1, -0.05) is 54.6 Å². The lowest BCUT2D eigenvalue weighted by atomic mass is 9.87. The van der Waals surface area contributed by atoms with Gasteiger partial charge in [-0.2, -0.15) is 5.10 Å². The fourth-order valence-corrected chi connectivity index (χ4v) is 3.36. The molecule has 1 aromatic heterocycles. The molecule has 4 rings (SSSR count). The quantitative estimate of drug-likeness (QED) is 0.710. The van der Waals surface area contributed by atoms with Gasteiger partial charge in [0.1, 0.15) is 6.04 Å². The molecule has 1 unspecified atom stereocenters. The Hall–Kier alpha value is -2.68. The zero-order chi connectivity index (χ0) is 15.8. The van der Waals surface area contributed by atoms with Crippen molar-refractivity contribution in [3.8, 4) is 11.3 Å². The number of benzene rings is 2. The van der Waals surface area contributed by atoms with Crippen molar-refractivity contribution in [2.75, 3.05) is 0 Å². The van der Waals surface area contributed by atoms with Gasteiger partial charge >= 0.3 is 0 Å². The van der Waals surface area contributed by atoms with Crippen molar-refractivity contribution >= 4 is 5.78 Å². The summed E-state index contributed by atoms with van der Waals surface area (Å²) in [5, 5.41) is 4.72. The second-order valence-electron chi connectivity index (χ2n) is 6.08. The van der Waals surface area contributed by atoms with E-state index in [9.17, 15) is 4.79 Å². The van der Waals surface area contributed by atoms with Crippen molar-refractivity contribution in [1.82, 2.24) is 9.78 Å². The second kappa shape index (κ2) is 5.51. The predicted molar refractivity (Wildman–Crippen MR) is 90.5 cm³/mol. The molecule has 3 aromatic rings. The summed E-state index contributed by atoms with van der Waals surface area (Å²) < 4.78 is 1.86. The van der Waals surface area contributed by atoms with Crippen molar-refractivity contribution in [2.24, 2.45) is 0 Å². The number of hydrogen-bond donors (Lipinski definition) is 0. The topological polar surface area (TPSA) is 34.9 Å². The molecule has 23 heavy (non-hydrogen) atoms. The minimum absolute atomic E-state index is 0.175. The van der Waals surface area contributed by atoms with Gasteiger partial charge in [-0.3, -0.25) is 9.48 Å². The van der Waals surface area contributed by atoms with E-state index in [-0.39, 0.29) is 11.8 Å². The van der Waals surface area contributed by atoms with Gasteiger partial charge in [0.15, 0.2) is 5.78 Å². The SMILES string of the molecule is Cc1cn(C2CCc3ccccc3C2=O)nc1-c1ccccc1. The Labute approximate surface area is 135 Å². The molecule has 0 spiro atoms. The van der Waals surface area contributed by atoms with Crippen LogP contribution in [0.1, 0.15) is 33.9 Å². The lowest BCUT2D eigenvalue weighted by molar-refractivity contribution is 0.0900. The van der Waals surface area contributed by atoms with Crippen LogP contribution in [-0.2, 0) is 6.42 Å². The molecule has 1 heterocycles. The first-order chi connectivity index (χ1) is 11.2. The van der Waals surface area contributed by atoms with Gasteiger partial charge in [0.2, 0.25) is 0 Å².